The minimum atomic E-state index is -0.664. The van der Waals surface area contributed by atoms with E-state index in [2.05, 4.69) is 42.8 Å². The van der Waals surface area contributed by atoms with Crippen molar-refractivity contribution in [1.82, 2.24) is 11.1 Å². The second-order valence-electron chi connectivity index (χ2n) is 12.6. The van der Waals surface area contributed by atoms with Crippen molar-refractivity contribution < 1.29 is 9.90 Å². The van der Waals surface area contributed by atoms with Crippen molar-refractivity contribution in [3.63, 3.8) is 0 Å². The van der Waals surface area contributed by atoms with Gasteiger partial charge in [0, 0.05) is 25.9 Å². The maximum absolute atomic E-state index is 10.3. The van der Waals surface area contributed by atoms with Crippen LogP contribution in [0.5, 0.6) is 0 Å². The van der Waals surface area contributed by atoms with Gasteiger partial charge in [0.2, 0.25) is 0 Å². The van der Waals surface area contributed by atoms with Crippen molar-refractivity contribution in [3.05, 3.63) is 12.2 Å². The van der Waals surface area contributed by atoms with Crippen LogP contribution in [0.3, 0.4) is 0 Å². The zero-order valence-electron chi connectivity index (χ0n) is 29.5. The Balaban J connectivity index is 0. The first kappa shape index (κ1) is 43.8. The van der Waals surface area contributed by atoms with E-state index >= 15 is 0 Å². The van der Waals surface area contributed by atoms with Gasteiger partial charge in [0.15, 0.2) is 0 Å². The van der Waals surface area contributed by atoms with Gasteiger partial charge in [-0.1, -0.05) is 154 Å². The third-order valence-electron chi connectivity index (χ3n) is 8.57. The molecule has 0 fully saturated rings. The fourth-order valence-electron chi connectivity index (χ4n) is 5.75. The average molecular weight is 608 g/mol. The van der Waals surface area contributed by atoms with Crippen molar-refractivity contribution in [3.8, 4) is 0 Å². The van der Waals surface area contributed by atoms with Crippen molar-refractivity contribution in [1.29, 1.82) is 0 Å². The molecule has 0 saturated carbocycles. The molecule has 1 aliphatic rings. The lowest BCUT2D eigenvalue weighted by Gasteiger charge is -2.17. The van der Waals surface area contributed by atoms with Gasteiger partial charge in [-0.05, 0) is 45.4 Å². The number of likely N-dealkylation sites (N-methyl/N-ethyl adjacent to an activating group) is 1. The molecule has 4 N–H and O–H groups in total. The summed E-state index contributed by atoms with van der Waals surface area (Å²) in [5.41, 5.74) is 0. The molecule has 0 spiro atoms. The highest BCUT2D eigenvalue weighted by Gasteiger charge is 2.13. The Morgan fingerprint density at radius 3 is 1.44 bits per heavy atom. The normalized spacial score (nSPS) is 12.7. The average Bonchev–Trinajstić information content (AvgIpc) is 3.45. The van der Waals surface area contributed by atoms with Crippen LogP contribution in [-0.2, 0) is 4.79 Å². The van der Waals surface area contributed by atoms with E-state index in [-0.39, 0.29) is 6.15 Å². The number of amidine groups is 1. The Bertz CT molecular complexity index is 620. The van der Waals surface area contributed by atoms with Gasteiger partial charge in [0.1, 0.15) is 0 Å². The van der Waals surface area contributed by atoms with Crippen LogP contribution in [-0.4, -0.2) is 41.4 Å². The lowest BCUT2D eigenvalue weighted by Crippen LogP contribution is -2.27. The Morgan fingerprint density at radius 2 is 1.02 bits per heavy atom. The first-order chi connectivity index (χ1) is 20.7. The van der Waals surface area contributed by atoms with Crippen molar-refractivity contribution in [2.24, 2.45) is 4.99 Å². The molecule has 43 heavy (non-hydrogen) atoms. The molecule has 5 heteroatoms. The molecule has 0 aromatic carbocycles. The standard InChI is InChI=1S/C20H40N2.C18H34O2.H3N/c1-3-5-6-7-8-9-10-11-12-13-14-15-16-17-20-21-18-19-22(20)4-2;1-2-3-4-5-6-7-8-9-10-11-12-13-14-15-16-17-18(19)20;/h3-19H2,1-2H3;9-10H,2-8,11-17H2,1H3,(H,19,20);1H3. The summed E-state index contributed by atoms with van der Waals surface area (Å²) in [7, 11) is 0. The molecule has 0 atom stereocenters. The van der Waals surface area contributed by atoms with E-state index in [1.165, 1.54) is 166 Å². The molecule has 0 aliphatic carbocycles. The van der Waals surface area contributed by atoms with E-state index in [0.717, 1.165) is 32.5 Å². The lowest BCUT2D eigenvalue weighted by molar-refractivity contribution is -0.137. The molecule has 256 valence electrons. The first-order valence-electron chi connectivity index (χ1n) is 18.8. The van der Waals surface area contributed by atoms with E-state index in [1.54, 1.807) is 0 Å². The Morgan fingerprint density at radius 1 is 0.628 bits per heavy atom. The summed E-state index contributed by atoms with van der Waals surface area (Å²) in [4.78, 5) is 17.4. The zero-order chi connectivity index (χ0) is 30.8. The molecular formula is C38H77N3O2. The van der Waals surface area contributed by atoms with E-state index in [0.29, 0.717) is 6.42 Å². The molecule has 0 saturated heterocycles. The second kappa shape index (κ2) is 36.8. The minimum Gasteiger partial charge on any atom is -0.481 e. The van der Waals surface area contributed by atoms with Gasteiger partial charge in [-0.3, -0.25) is 9.79 Å². The predicted octanol–water partition coefficient (Wildman–Crippen LogP) is 12.5. The largest absolute Gasteiger partial charge is 0.481 e. The van der Waals surface area contributed by atoms with E-state index in [1.807, 2.05) is 0 Å². The topological polar surface area (TPSA) is 87.9 Å². The number of rotatable bonds is 30. The molecular weight excluding hydrogens is 530 g/mol. The molecule has 0 aromatic heterocycles. The Labute approximate surface area is 269 Å². The number of aliphatic carboxylic acids is 1. The van der Waals surface area contributed by atoms with Crippen LogP contribution in [0.2, 0.25) is 0 Å². The number of allylic oxidation sites excluding steroid dienone is 2. The van der Waals surface area contributed by atoms with Gasteiger partial charge >= 0.3 is 5.97 Å². The highest BCUT2D eigenvalue weighted by Crippen LogP contribution is 2.15. The van der Waals surface area contributed by atoms with Crippen LogP contribution in [0.1, 0.15) is 201 Å². The van der Waals surface area contributed by atoms with Gasteiger partial charge in [-0.2, -0.15) is 0 Å². The van der Waals surface area contributed by atoms with Crippen LogP contribution in [0.4, 0.5) is 0 Å². The lowest BCUT2D eigenvalue weighted by atomic mass is 10.0. The van der Waals surface area contributed by atoms with Gasteiger partial charge in [0.25, 0.3) is 0 Å². The monoisotopic (exact) mass is 608 g/mol. The number of carboxylic acids is 1. The molecule has 1 aliphatic heterocycles. The summed E-state index contributed by atoms with van der Waals surface area (Å²) in [6, 6.07) is 0. The van der Waals surface area contributed by atoms with E-state index < -0.39 is 5.97 Å². The summed E-state index contributed by atoms with van der Waals surface area (Å²) in [6.45, 7) is 10.1. The number of unbranched alkanes of at least 4 members (excludes halogenated alkanes) is 23. The van der Waals surface area contributed by atoms with Crippen LogP contribution in [0.15, 0.2) is 17.1 Å². The maximum Gasteiger partial charge on any atom is 0.303 e. The number of nitrogens with zero attached hydrogens (tertiary/aromatic N) is 2. The van der Waals surface area contributed by atoms with E-state index in [9.17, 15) is 4.79 Å². The van der Waals surface area contributed by atoms with Crippen molar-refractivity contribution in [2.45, 2.75) is 201 Å². The summed E-state index contributed by atoms with van der Waals surface area (Å²) in [5, 5.41) is 8.51. The highest BCUT2D eigenvalue weighted by atomic mass is 16.4. The van der Waals surface area contributed by atoms with Crippen LogP contribution >= 0.6 is 0 Å². The summed E-state index contributed by atoms with van der Waals surface area (Å²) >= 11 is 0. The number of aliphatic imine (C=N–C) groups is 1. The van der Waals surface area contributed by atoms with Gasteiger partial charge in [0.05, 0.1) is 12.4 Å². The SMILES string of the molecule is CCCCCCCCC=CCCCCCCCC(=O)O.CCCCCCCCCCCCCCCC1=NCCN1CC.N. The van der Waals surface area contributed by atoms with E-state index in [4.69, 9.17) is 5.11 Å². The molecule has 0 aromatic rings. The van der Waals surface area contributed by atoms with Crippen LogP contribution < -0.4 is 6.15 Å². The minimum absolute atomic E-state index is 0. The number of hydrogen-bond donors (Lipinski definition) is 2. The molecule has 1 rings (SSSR count). The first-order valence-corrected chi connectivity index (χ1v) is 18.8. The molecule has 5 nitrogen and oxygen atoms in total. The zero-order valence-corrected chi connectivity index (χ0v) is 29.5. The van der Waals surface area contributed by atoms with Gasteiger partial charge in [-0.25, -0.2) is 0 Å². The van der Waals surface area contributed by atoms with Crippen molar-refractivity contribution >= 4 is 11.8 Å². The Hall–Kier alpha value is -1.36. The van der Waals surface area contributed by atoms with Crippen molar-refractivity contribution in [2.75, 3.05) is 19.6 Å². The fraction of sp³-hybridized carbons (Fsp3) is 0.895. The third-order valence-corrected chi connectivity index (χ3v) is 8.57. The Kier molecular flexibility index (Phi) is 37.5. The smallest absolute Gasteiger partial charge is 0.303 e. The molecule has 1 heterocycles. The maximum atomic E-state index is 10.3. The summed E-state index contributed by atoms with van der Waals surface area (Å²) < 4.78 is 0. The fourth-order valence-corrected chi connectivity index (χ4v) is 5.75. The molecule has 0 bridgehead atoms. The molecule has 0 unspecified atom stereocenters. The molecule has 0 amide bonds. The summed E-state index contributed by atoms with van der Waals surface area (Å²) in [5.74, 6) is 0.716. The highest BCUT2D eigenvalue weighted by molar-refractivity contribution is 5.83. The van der Waals surface area contributed by atoms with Gasteiger partial charge < -0.3 is 16.2 Å². The number of carbonyl (C=O) groups is 1. The van der Waals surface area contributed by atoms with Crippen LogP contribution in [0, 0.1) is 0 Å². The van der Waals surface area contributed by atoms with Gasteiger partial charge in [-0.15, -0.1) is 0 Å². The number of hydrogen-bond acceptors (Lipinski definition) is 4. The number of carboxylic acid groups (broad SMARTS) is 1. The van der Waals surface area contributed by atoms with Crippen LogP contribution in [0.25, 0.3) is 0 Å². The predicted molar refractivity (Wildman–Crippen MR) is 192 cm³/mol. The second-order valence-corrected chi connectivity index (χ2v) is 12.6. The summed E-state index contributed by atoms with van der Waals surface area (Å²) in [6.07, 6.45) is 41.1. The quantitative estimate of drug-likeness (QED) is 0.0628. The third kappa shape index (κ3) is 33.4. The molecule has 0 radical (unpaired) electrons.